The van der Waals surface area contributed by atoms with Gasteiger partial charge in [0.2, 0.25) is 10.0 Å². The number of carbonyl (C=O) groups excluding carboxylic acids is 1. The van der Waals surface area contributed by atoms with Crippen molar-refractivity contribution in [2.75, 3.05) is 7.11 Å². The Morgan fingerprint density at radius 3 is 2.37 bits per heavy atom. The van der Waals surface area contributed by atoms with Crippen LogP contribution in [0, 0.1) is 5.82 Å². The van der Waals surface area contributed by atoms with Crippen LogP contribution in [0.3, 0.4) is 0 Å². The monoisotopic (exact) mass is 301 g/mol. The Balaban J connectivity index is 3.26. The van der Waals surface area contributed by atoms with Crippen molar-refractivity contribution >= 4 is 16.0 Å². The average Bonchev–Trinajstić information content (AvgIpc) is 2.25. The fraction of sp³-hybridized carbons (Fsp3) is 0.222. The van der Waals surface area contributed by atoms with Gasteiger partial charge in [0.25, 0.3) is 0 Å². The quantitative estimate of drug-likeness (QED) is 0.520. The molecule has 0 aliphatic carbocycles. The second kappa shape index (κ2) is 5.13. The number of sulfonamides is 1. The van der Waals surface area contributed by atoms with Crippen molar-refractivity contribution in [2.24, 2.45) is 0 Å². The lowest BCUT2D eigenvalue weighted by atomic mass is 10.2. The lowest BCUT2D eigenvalue weighted by Crippen LogP contribution is -2.37. The predicted octanol–water partition coefficient (Wildman–Crippen LogP) is 1.41. The summed E-state index contributed by atoms with van der Waals surface area (Å²) in [5, 5.41) is 0. The Labute approximate surface area is 105 Å². The van der Waals surface area contributed by atoms with Crippen LogP contribution in [-0.2, 0) is 14.8 Å². The first-order valence-electron chi connectivity index (χ1n) is 4.55. The lowest BCUT2D eigenvalue weighted by Gasteiger charge is -2.10. The van der Waals surface area contributed by atoms with E-state index >= 15 is 0 Å². The summed E-state index contributed by atoms with van der Waals surface area (Å²) in [6.45, 7) is 0. The largest absolute Gasteiger partial charge is 0.470 e. The van der Waals surface area contributed by atoms with E-state index in [9.17, 15) is 30.8 Å². The summed E-state index contributed by atoms with van der Waals surface area (Å²) < 4.78 is 76.4. The molecule has 0 bridgehead atoms. The van der Waals surface area contributed by atoms with Crippen LogP contribution < -0.4 is 4.72 Å². The van der Waals surface area contributed by atoms with E-state index in [-0.39, 0.29) is 0 Å². The second-order valence-corrected chi connectivity index (χ2v) is 4.92. The van der Waals surface area contributed by atoms with Gasteiger partial charge in [-0.15, -0.1) is 4.72 Å². The van der Waals surface area contributed by atoms with Crippen molar-refractivity contribution in [3.63, 3.8) is 0 Å². The van der Waals surface area contributed by atoms with E-state index < -0.39 is 38.6 Å². The number of esters is 1. The second-order valence-electron chi connectivity index (χ2n) is 3.24. The van der Waals surface area contributed by atoms with Crippen LogP contribution in [0.5, 0.6) is 0 Å². The molecular weight excluding hydrogens is 294 g/mol. The van der Waals surface area contributed by atoms with Crippen molar-refractivity contribution in [3.05, 3.63) is 29.6 Å². The molecule has 1 N–H and O–H groups in total. The van der Waals surface area contributed by atoms with Crippen LogP contribution in [0.15, 0.2) is 23.1 Å². The van der Waals surface area contributed by atoms with Gasteiger partial charge in [-0.2, -0.15) is 13.2 Å². The van der Waals surface area contributed by atoms with E-state index in [2.05, 4.69) is 4.74 Å². The number of ether oxygens (including phenoxy) is 1. The van der Waals surface area contributed by atoms with Crippen molar-refractivity contribution < 1.29 is 35.5 Å². The van der Waals surface area contributed by atoms with Gasteiger partial charge < -0.3 is 4.74 Å². The van der Waals surface area contributed by atoms with Gasteiger partial charge in [0.1, 0.15) is 5.82 Å². The van der Waals surface area contributed by atoms with Crippen LogP contribution >= 0.6 is 0 Å². The van der Waals surface area contributed by atoms with E-state index in [1.165, 1.54) is 0 Å². The van der Waals surface area contributed by atoms with Gasteiger partial charge in [-0.3, -0.25) is 0 Å². The summed E-state index contributed by atoms with van der Waals surface area (Å²) in [4.78, 5) is 10.2. The van der Waals surface area contributed by atoms with Crippen LogP contribution in [0.1, 0.15) is 10.4 Å². The van der Waals surface area contributed by atoms with Gasteiger partial charge in [-0.25, -0.2) is 17.6 Å². The fourth-order valence-corrected chi connectivity index (χ4v) is 2.09. The van der Waals surface area contributed by atoms with Gasteiger partial charge in [0, 0.05) is 0 Å². The summed E-state index contributed by atoms with van der Waals surface area (Å²) in [6.07, 6.45) is -5.18. The normalized spacial score (nSPS) is 12.3. The first-order valence-corrected chi connectivity index (χ1v) is 6.04. The van der Waals surface area contributed by atoms with E-state index in [4.69, 9.17) is 0 Å². The Morgan fingerprint density at radius 2 is 1.89 bits per heavy atom. The molecule has 0 amide bonds. The van der Waals surface area contributed by atoms with E-state index in [0.29, 0.717) is 22.9 Å². The fourth-order valence-electron chi connectivity index (χ4n) is 1.15. The lowest BCUT2D eigenvalue weighted by molar-refractivity contribution is -0.138. The van der Waals surface area contributed by atoms with E-state index in [0.717, 1.165) is 7.11 Å². The Morgan fingerprint density at radius 1 is 1.32 bits per heavy atom. The summed E-state index contributed by atoms with van der Waals surface area (Å²) in [5.41, 5.74) is -0.785. The van der Waals surface area contributed by atoms with Crippen molar-refractivity contribution in [3.8, 4) is 0 Å². The molecule has 0 unspecified atom stereocenters. The SMILES string of the molecule is COC(=O)c1cc(S(=O)(=O)NC(F)(F)F)ccc1F. The molecule has 5 nitrogen and oxygen atoms in total. The Hall–Kier alpha value is -1.68. The third-order valence-electron chi connectivity index (χ3n) is 1.90. The number of hydrogen-bond donors (Lipinski definition) is 1. The molecule has 0 saturated heterocycles. The first-order chi connectivity index (χ1) is 8.57. The van der Waals surface area contributed by atoms with Gasteiger partial charge in [-0.1, -0.05) is 0 Å². The molecular formula is C9H7F4NO4S. The Kier molecular flexibility index (Phi) is 4.15. The highest BCUT2D eigenvalue weighted by Crippen LogP contribution is 2.19. The zero-order chi connectivity index (χ0) is 14.8. The number of rotatable bonds is 3. The van der Waals surface area contributed by atoms with Gasteiger partial charge in [0.05, 0.1) is 17.6 Å². The van der Waals surface area contributed by atoms with E-state index in [1.54, 1.807) is 0 Å². The molecule has 1 aromatic carbocycles. The molecule has 0 aliphatic rings. The van der Waals surface area contributed by atoms with Crippen LogP contribution in [0.2, 0.25) is 0 Å². The van der Waals surface area contributed by atoms with Gasteiger partial charge in [-0.05, 0) is 18.2 Å². The average molecular weight is 301 g/mol. The maximum Gasteiger partial charge on any atom is 0.470 e. The highest BCUT2D eigenvalue weighted by Gasteiger charge is 2.35. The molecule has 0 aromatic heterocycles. The number of methoxy groups -OCH3 is 1. The minimum absolute atomic E-state index is 0.413. The standard InChI is InChI=1S/C9H7F4NO4S/c1-18-8(15)6-4-5(2-3-7(6)10)19(16,17)14-9(11,12)13/h2-4,14H,1H3. The molecule has 0 heterocycles. The minimum Gasteiger partial charge on any atom is -0.465 e. The molecule has 1 rings (SSSR count). The summed E-state index contributed by atoms with van der Waals surface area (Å²) in [7, 11) is -4.03. The molecule has 0 radical (unpaired) electrons. The summed E-state index contributed by atoms with van der Waals surface area (Å²) >= 11 is 0. The molecule has 0 saturated carbocycles. The van der Waals surface area contributed by atoms with E-state index in [1.807, 2.05) is 0 Å². The topological polar surface area (TPSA) is 72.5 Å². The molecule has 106 valence electrons. The number of benzene rings is 1. The summed E-state index contributed by atoms with van der Waals surface area (Å²) in [5.74, 6) is -2.32. The van der Waals surface area contributed by atoms with Crippen molar-refractivity contribution in [1.82, 2.24) is 4.72 Å². The molecule has 19 heavy (non-hydrogen) atoms. The number of nitrogens with one attached hydrogen (secondary N) is 1. The van der Waals surface area contributed by atoms with Crippen molar-refractivity contribution in [2.45, 2.75) is 11.2 Å². The number of hydrogen-bond acceptors (Lipinski definition) is 4. The van der Waals surface area contributed by atoms with Gasteiger partial charge >= 0.3 is 12.3 Å². The number of alkyl halides is 3. The van der Waals surface area contributed by atoms with Crippen LogP contribution in [0.25, 0.3) is 0 Å². The predicted molar refractivity (Wildman–Crippen MR) is 54.1 cm³/mol. The molecule has 0 spiro atoms. The zero-order valence-electron chi connectivity index (χ0n) is 9.29. The first kappa shape index (κ1) is 15.4. The molecule has 0 atom stereocenters. The molecule has 10 heteroatoms. The molecule has 0 fully saturated rings. The van der Waals surface area contributed by atoms with Crippen molar-refractivity contribution in [1.29, 1.82) is 0 Å². The smallest absolute Gasteiger partial charge is 0.465 e. The summed E-state index contributed by atoms with van der Waals surface area (Å²) in [6, 6.07) is 1.60. The maximum absolute atomic E-state index is 13.2. The highest BCUT2D eigenvalue weighted by molar-refractivity contribution is 7.89. The number of carbonyl (C=O) groups is 1. The van der Waals surface area contributed by atoms with Crippen LogP contribution in [-0.4, -0.2) is 27.8 Å². The van der Waals surface area contributed by atoms with Crippen LogP contribution in [0.4, 0.5) is 17.6 Å². The Bertz CT molecular complexity index is 597. The number of halogens is 4. The molecule has 1 aromatic rings. The highest BCUT2D eigenvalue weighted by atomic mass is 32.2. The maximum atomic E-state index is 13.2. The zero-order valence-corrected chi connectivity index (χ0v) is 10.1. The van der Waals surface area contributed by atoms with Gasteiger partial charge in [0.15, 0.2) is 0 Å². The molecule has 0 aliphatic heterocycles. The minimum atomic E-state index is -5.18. The third kappa shape index (κ3) is 3.89. The third-order valence-corrected chi connectivity index (χ3v) is 3.28.